The standard InChI is InChI=1S/C16H19N3O3S/c1-11-9-19(7-8-22-11)14(20)10-23-16-17-13-6-4-3-5-12(13)15(21)18(16)2/h3-6,11H,7-10H2,1-2H3. The van der Waals surface area contributed by atoms with Gasteiger partial charge in [-0.25, -0.2) is 4.98 Å². The Kier molecular flexibility index (Phi) is 4.68. The lowest BCUT2D eigenvalue weighted by atomic mass is 10.2. The summed E-state index contributed by atoms with van der Waals surface area (Å²) in [5.74, 6) is 0.318. The van der Waals surface area contributed by atoms with Crippen LogP contribution in [0.1, 0.15) is 6.92 Å². The van der Waals surface area contributed by atoms with Crippen molar-refractivity contribution in [1.82, 2.24) is 14.5 Å². The number of nitrogens with zero attached hydrogens (tertiary/aromatic N) is 3. The van der Waals surface area contributed by atoms with E-state index in [1.165, 1.54) is 16.3 Å². The average molecular weight is 333 g/mol. The van der Waals surface area contributed by atoms with Crippen LogP contribution in [-0.4, -0.2) is 51.9 Å². The zero-order chi connectivity index (χ0) is 16.4. The number of benzene rings is 1. The van der Waals surface area contributed by atoms with Gasteiger partial charge in [-0.15, -0.1) is 0 Å². The number of rotatable bonds is 3. The van der Waals surface area contributed by atoms with Crippen molar-refractivity contribution in [1.29, 1.82) is 0 Å². The van der Waals surface area contributed by atoms with E-state index in [1.54, 1.807) is 18.0 Å². The molecule has 1 unspecified atom stereocenters. The van der Waals surface area contributed by atoms with E-state index in [9.17, 15) is 9.59 Å². The molecule has 0 saturated carbocycles. The molecule has 23 heavy (non-hydrogen) atoms. The number of amides is 1. The number of hydrogen-bond donors (Lipinski definition) is 0. The third-order valence-corrected chi connectivity index (χ3v) is 4.88. The van der Waals surface area contributed by atoms with Crippen molar-refractivity contribution in [3.63, 3.8) is 0 Å². The molecular formula is C16H19N3O3S. The lowest BCUT2D eigenvalue weighted by molar-refractivity contribution is -0.135. The molecule has 1 fully saturated rings. The van der Waals surface area contributed by atoms with Crippen molar-refractivity contribution in [2.45, 2.75) is 18.2 Å². The number of aromatic nitrogens is 2. The van der Waals surface area contributed by atoms with Gasteiger partial charge in [0.15, 0.2) is 5.16 Å². The molecule has 7 heteroatoms. The van der Waals surface area contributed by atoms with Crippen molar-refractivity contribution in [3.05, 3.63) is 34.6 Å². The smallest absolute Gasteiger partial charge is 0.261 e. The monoisotopic (exact) mass is 333 g/mol. The predicted octanol–water partition coefficient (Wildman–Crippen LogP) is 1.27. The Bertz CT molecular complexity index is 790. The molecule has 1 aromatic carbocycles. The first-order valence-electron chi connectivity index (χ1n) is 7.54. The molecule has 122 valence electrons. The highest BCUT2D eigenvalue weighted by Crippen LogP contribution is 2.18. The maximum absolute atomic E-state index is 12.3. The third kappa shape index (κ3) is 3.40. The number of morpholine rings is 1. The quantitative estimate of drug-likeness (QED) is 0.625. The fraction of sp³-hybridized carbons (Fsp3) is 0.438. The van der Waals surface area contributed by atoms with Crippen molar-refractivity contribution < 1.29 is 9.53 Å². The summed E-state index contributed by atoms with van der Waals surface area (Å²) >= 11 is 1.30. The van der Waals surface area contributed by atoms with Crippen molar-refractivity contribution >= 4 is 28.6 Å². The summed E-state index contributed by atoms with van der Waals surface area (Å²) in [6.45, 7) is 3.77. The van der Waals surface area contributed by atoms with Gasteiger partial charge in [-0.3, -0.25) is 14.2 Å². The van der Waals surface area contributed by atoms with E-state index in [1.807, 2.05) is 25.1 Å². The minimum absolute atomic E-state index is 0.0487. The number of hydrogen-bond acceptors (Lipinski definition) is 5. The summed E-state index contributed by atoms with van der Waals surface area (Å²) in [6.07, 6.45) is 0.0702. The largest absolute Gasteiger partial charge is 0.375 e. The predicted molar refractivity (Wildman–Crippen MR) is 89.7 cm³/mol. The van der Waals surface area contributed by atoms with Crippen LogP contribution in [0, 0.1) is 0 Å². The van der Waals surface area contributed by atoms with Gasteiger partial charge in [0.25, 0.3) is 5.56 Å². The van der Waals surface area contributed by atoms with E-state index in [-0.39, 0.29) is 23.3 Å². The lowest BCUT2D eigenvalue weighted by Gasteiger charge is -2.31. The first-order valence-corrected chi connectivity index (χ1v) is 8.53. The van der Waals surface area contributed by atoms with Crippen molar-refractivity contribution in [3.8, 4) is 0 Å². The molecule has 1 atom stereocenters. The topological polar surface area (TPSA) is 64.4 Å². The van der Waals surface area contributed by atoms with Gasteiger partial charge in [-0.1, -0.05) is 23.9 Å². The Hall–Kier alpha value is -1.86. The normalized spacial score (nSPS) is 18.3. The average Bonchev–Trinajstić information content (AvgIpc) is 2.56. The van der Waals surface area contributed by atoms with Gasteiger partial charge < -0.3 is 9.64 Å². The first-order chi connectivity index (χ1) is 11.1. The zero-order valence-corrected chi connectivity index (χ0v) is 14.0. The van der Waals surface area contributed by atoms with E-state index in [2.05, 4.69) is 4.98 Å². The van der Waals surface area contributed by atoms with Crippen LogP contribution in [-0.2, 0) is 16.6 Å². The van der Waals surface area contributed by atoms with Crippen LogP contribution < -0.4 is 5.56 Å². The number of carbonyl (C=O) groups excluding carboxylic acids is 1. The van der Waals surface area contributed by atoms with Gasteiger partial charge >= 0.3 is 0 Å². The summed E-state index contributed by atoms with van der Waals surface area (Å²) in [5.41, 5.74) is 0.566. The molecule has 1 aliphatic rings. The Labute approximate surface area is 138 Å². The second-order valence-corrected chi connectivity index (χ2v) is 6.53. The van der Waals surface area contributed by atoms with E-state index >= 15 is 0 Å². The third-order valence-electron chi connectivity index (χ3n) is 3.86. The van der Waals surface area contributed by atoms with Gasteiger partial charge in [0.05, 0.1) is 29.4 Å². The number of carbonyl (C=O) groups is 1. The Balaban J connectivity index is 1.75. The molecule has 2 aromatic rings. The van der Waals surface area contributed by atoms with Gasteiger partial charge in [0.2, 0.25) is 5.91 Å². The zero-order valence-electron chi connectivity index (χ0n) is 13.2. The Morgan fingerprint density at radius 1 is 1.43 bits per heavy atom. The van der Waals surface area contributed by atoms with Gasteiger partial charge in [-0.2, -0.15) is 0 Å². The minimum atomic E-state index is -0.0921. The highest BCUT2D eigenvalue weighted by molar-refractivity contribution is 7.99. The van der Waals surface area contributed by atoms with Crippen LogP contribution in [0.15, 0.2) is 34.2 Å². The van der Waals surface area contributed by atoms with Crippen LogP contribution >= 0.6 is 11.8 Å². The fourth-order valence-electron chi connectivity index (χ4n) is 2.59. The van der Waals surface area contributed by atoms with Gasteiger partial charge in [-0.05, 0) is 19.1 Å². The summed E-state index contributed by atoms with van der Waals surface area (Å²) in [6, 6.07) is 7.25. The van der Waals surface area contributed by atoms with Crippen LogP contribution in [0.5, 0.6) is 0 Å². The minimum Gasteiger partial charge on any atom is -0.375 e. The fourth-order valence-corrected chi connectivity index (χ4v) is 3.46. The van der Waals surface area contributed by atoms with E-state index < -0.39 is 0 Å². The van der Waals surface area contributed by atoms with Crippen molar-refractivity contribution in [2.75, 3.05) is 25.4 Å². The molecule has 0 radical (unpaired) electrons. The maximum atomic E-state index is 12.3. The molecular weight excluding hydrogens is 314 g/mol. The van der Waals surface area contributed by atoms with Crippen molar-refractivity contribution in [2.24, 2.45) is 7.05 Å². The summed E-state index contributed by atoms with van der Waals surface area (Å²) < 4.78 is 6.95. The van der Waals surface area contributed by atoms with Gasteiger partial charge in [0, 0.05) is 20.1 Å². The molecule has 1 amide bonds. The summed E-state index contributed by atoms with van der Waals surface area (Å²) in [7, 11) is 1.69. The molecule has 1 aliphatic heterocycles. The van der Waals surface area contributed by atoms with Crippen LogP contribution in [0.25, 0.3) is 10.9 Å². The molecule has 2 heterocycles. The molecule has 6 nitrogen and oxygen atoms in total. The van der Waals surface area contributed by atoms with Crippen LogP contribution in [0.4, 0.5) is 0 Å². The molecule has 0 N–H and O–H groups in total. The highest BCUT2D eigenvalue weighted by atomic mass is 32.2. The first kappa shape index (κ1) is 16.0. The highest BCUT2D eigenvalue weighted by Gasteiger charge is 2.21. The Morgan fingerprint density at radius 2 is 2.22 bits per heavy atom. The molecule has 0 bridgehead atoms. The molecule has 0 spiro atoms. The second-order valence-electron chi connectivity index (χ2n) is 5.59. The van der Waals surface area contributed by atoms with E-state index in [4.69, 9.17) is 4.74 Å². The second kappa shape index (κ2) is 6.72. The van der Waals surface area contributed by atoms with Gasteiger partial charge in [0.1, 0.15) is 0 Å². The molecule has 1 saturated heterocycles. The maximum Gasteiger partial charge on any atom is 0.261 e. The summed E-state index contributed by atoms with van der Waals surface area (Å²) in [5, 5.41) is 1.15. The molecule has 0 aliphatic carbocycles. The van der Waals surface area contributed by atoms with E-state index in [0.29, 0.717) is 35.8 Å². The Morgan fingerprint density at radius 3 is 3.00 bits per heavy atom. The number of ether oxygens (including phenoxy) is 1. The molecule has 1 aromatic heterocycles. The molecule has 3 rings (SSSR count). The SMILES string of the molecule is CC1CN(C(=O)CSc2nc3ccccc3c(=O)n2C)CCO1. The number of fused-ring (bicyclic) bond motifs is 1. The van der Waals surface area contributed by atoms with Crippen LogP contribution in [0.3, 0.4) is 0 Å². The van der Waals surface area contributed by atoms with E-state index in [0.717, 1.165) is 0 Å². The lowest BCUT2D eigenvalue weighted by Crippen LogP contribution is -2.45. The number of para-hydroxylation sites is 1. The summed E-state index contributed by atoms with van der Waals surface area (Å²) in [4.78, 5) is 31.0. The number of thioether (sulfide) groups is 1. The van der Waals surface area contributed by atoms with Crippen LogP contribution in [0.2, 0.25) is 0 Å².